The summed E-state index contributed by atoms with van der Waals surface area (Å²) in [4.78, 5) is 0. The van der Waals surface area contributed by atoms with E-state index in [1.54, 1.807) is 0 Å². The van der Waals surface area contributed by atoms with Crippen LogP contribution in [0.2, 0.25) is 0 Å². The quantitative estimate of drug-likeness (QED) is 0.557. The Kier molecular flexibility index (Phi) is 4.60. The van der Waals surface area contributed by atoms with Gasteiger partial charge in [-0.25, -0.2) is 0 Å². The lowest BCUT2D eigenvalue weighted by Crippen LogP contribution is -2.51. The van der Waals surface area contributed by atoms with Crippen molar-refractivity contribution in [1.29, 1.82) is 0 Å². The smallest absolute Gasteiger partial charge is 0.0289 e. The summed E-state index contributed by atoms with van der Waals surface area (Å²) in [7, 11) is 0. The van der Waals surface area contributed by atoms with Crippen molar-refractivity contribution >= 4 is 0 Å². The maximum atomic E-state index is 5.76. The fourth-order valence-electron chi connectivity index (χ4n) is 3.20. The van der Waals surface area contributed by atoms with Crippen LogP contribution in [-0.2, 0) is 0 Å². The molecule has 1 rings (SSSR count). The van der Waals surface area contributed by atoms with E-state index < -0.39 is 0 Å². The van der Waals surface area contributed by atoms with Crippen LogP contribution in [-0.4, -0.2) is 6.04 Å². The van der Waals surface area contributed by atoms with Gasteiger partial charge in [-0.2, -0.15) is 0 Å². The predicted octanol–water partition coefficient (Wildman–Crippen LogP) is 3.08. The first-order valence-electron chi connectivity index (χ1n) is 6.46. The van der Waals surface area contributed by atoms with Crippen molar-refractivity contribution in [3.05, 3.63) is 0 Å². The summed E-state index contributed by atoms with van der Waals surface area (Å²) in [6.07, 6.45) is 6.85. The van der Waals surface area contributed by atoms with Crippen LogP contribution >= 0.6 is 0 Å². The average molecular weight is 212 g/mol. The molecule has 0 aromatic heterocycles. The summed E-state index contributed by atoms with van der Waals surface area (Å²) < 4.78 is 0. The molecular weight excluding hydrogens is 184 g/mol. The van der Waals surface area contributed by atoms with Crippen molar-refractivity contribution in [1.82, 2.24) is 5.43 Å². The van der Waals surface area contributed by atoms with Crippen molar-refractivity contribution in [2.45, 2.75) is 65.8 Å². The first kappa shape index (κ1) is 13.0. The number of hydrogen-bond acceptors (Lipinski definition) is 2. The summed E-state index contributed by atoms with van der Waals surface area (Å²) in [6, 6.07) is 0.461. The molecular formula is C13H28N2. The van der Waals surface area contributed by atoms with Gasteiger partial charge in [-0.15, -0.1) is 0 Å². The highest BCUT2D eigenvalue weighted by Gasteiger charge is 2.36. The van der Waals surface area contributed by atoms with E-state index in [4.69, 9.17) is 5.84 Å². The maximum Gasteiger partial charge on any atom is 0.0289 e. The van der Waals surface area contributed by atoms with Crippen molar-refractivity contribution < 1.29 is 0 Å². The highest BCUT2D eigenvalue weighted by atomic mass is 15.2. The van der Waals surface area contributed by atoms with Gasteiger partial charge < -0.3 is 0 Å². The Hall–Kier alpha value is -0.0800. The fraction of sp³-hybridized carbons (Fsp3) is 1.00. The molecule has 3 N–H and O–H groups in total. The highest BCUT2D eigenvalue weighted by Crippen LogP contribution is 2.39. The molecule has 0 radical (unpaired) electrons. The minimum Gasteiger partial charge on any atom is -0.271 e. The summed E-state index contributed by atoms with van der Waals surface area (Å²) in [5, 5.41) is 0. The molecule has 15 heavy (non-hydrogen) atoms. The van der Waals surface area contributed by atoms with E-state index >= 15 is 0 Å². The van der Waals surface area contributed by atoms with E-state index in [1.165, 1.54) is 32.1 Å². The Balaban J connectivity index is 2.72. The second-order valence-corrected chi connectivity index (χ2v) is 6.13. The fourth-order valence-corrected chi connectivity index (χ4v) is 3.20. The van der Waals surface area contributed by atoms with E-state index in [2.05, 4.69) is 33.1 Å². The second-order valence-electron chi connectivity index (χ2n) is 6.13. The molecule has 0 spiro atoms. The summed E-state index contributed by atoms with van der Waals surface area (Å²) in [6.45, 7) is 9.19. The van der Waals surface area contributed by atoms with Gasteiger partial charge in [0.1, 0.15) is 0 Å². The molecule has 3 atom stereocenters. The third-order valence-electron chi connectivity index (χ3n) is 4.03. The van der Waals surface area contributed by atoms with Crippen LogP contribution in [0.3, 0.4) is 0 Å². The number of hydrazine groups is 1. The zero-order chi connectivity index (χ0) is 11.5. The van der Waals surface area contributed by atoms with Crippen LogP contribution in [0.15, 0.2) is 0 Å². The van der Waals surface area contributed by atoms with Gasteiger partial charge in [0.2, 0.25) is 0 Å². The summed E-state index contributed by atoms with van der Waals surface area (Å²) >= 11 is 0. The molecule has 1 aliphatic carbocycles. The third kappa shape index (κ3) is 3.18. The van der Waals surface area contributed by atoms with Gasteiger partial charge in [0, 0.05) is 6.04 Å². The minimum atomic E-state index is 0.268. The maximum absolute atomic E-state index is 5.76. The zero-order valence-electron chi connectivity index (χ0n) is 10.8. The van der Waals surface area contributed by atoms with Gasteiger partial charge >= 0.3 is 0 Å². The van der Waals surface area contributed by atoms with Gasteiger partial charge in [0.15, 0.2) is 0 Å². The Labute approximate surface area is 95.0 Å². The molecule has 0 aliphatic heterocycles. The van der Waals surface area contributed by atoms with Gasteiger partial charge in [0.05, 0.1) is 0 Å². The molecule has 0 heterocycles. The van der Waals surface area contributed by atoms with E-state index in [-0.39, 0.29) is 5.41 Å². The molecule has 1 saturated carbocycles. The van der Waals surface area contributed by atoms with Crippen LogP contribution in [0, 0.1) is 17.3 Å². The number of nitrogens with two attached hydrogens (primary N) is 1. The van der Waals surface area contributed by atoms with Gasteiger partial charge in [-0.3, -0.25) is 11.3 Å². The van der Waals surface area contributed by atoms with Crippen LogP contribution in [0.25, 0.3) is 0 Å². The monoisotopic (exact) mass is 212 g/mol. The van der Waals surface area contributed by atoms with E-state index in [9.17, 15) is 0 Å². The van der Waals surface area contributed by atoms with Crippen molar-refractivity contribution in [3.8, 4) is 0 Å². The first-order chi connectivity index (χ1) is 7.00. The zero-order valence-corrected chi connectivity index (χ0v) is 10.8. The SMILES string of the molecule is CCC1CCCCC1C(NN)C(C)(C)C. The normalized spacial score (nSPS) is 30.2. The van der Waals surface area contributed by atoms with Crippen molar-refractivity contribution in [2.24, 2.45) is 23.1 Å². The second kappa shape index (κ2) is 5.31. The number of nitrogens with one attached hydrogen (secondary N) is 1. The summed E-state index contributed by atoms with van der Waals surface area (Å²) in [5.74, 6) is 7.40. The molecule has 0 amide bonds. The highest BCUT2D eigenvalue weighted by molar-refractivity contribution is 4.90. The standard InChI is InChI=1S/C13H28N2/c1-5-10-8-6-7-9-11(10)12(15-14)13(2,3)4/h10-12,15H,5-9,14H2,1-4H3. The van der Waals surface area contributed by atoms with Crippen molar-refractivity contribution in [3.63, 3.8) is 0 Å². The van der Waals surface area contributed by atoms with E-state index in [0.717, 1.165) is 11.8 Å². The Bertz CT molecular complexity index is 183. The molecule has 0 bridgehead atoms. The van der Waals surface area contributed by atoms with E-state index in [1.807, 2.05) is 0 Å². The van der Waals surface area contributed by atoms with Gasteiger partial charge in [-0.05, 0) is 23.7 Å². The topological polar surface area (TPSA) is 38.0 Å². The molecule has 1 fully saturated rings. The largest absolute Gasteiger partial charge is 0.271 e. The lowest BCUT2D eigenvalue weighted by Gasteiger charge is -2.42. The Morgan fingerprint density at radius 1 is 1.27 bits per heavy atom. The Morgan fingerprint density at radius 2 is 1.87 bits per heavy atom. The molecule has 90 valence electrons. The third-order valence-corrected chi connectivity index (χ3v) is 4.03. The lowest BCUT2D eigenvalue weighted by atomic mass is 9.67. The molecule has 3 unspecified atom stereocenters. The van der Waals surface area contributed by atoms with Crippen LogP contribution in [0.1, 0.15) is 59.8 Å². The predicted molar refractivity (Wildman–Crippen MR) is 66.3 cm³/mol. The van der Waals surface area contributed by atoms with Gasteiger partial charge in [-0.1, -0.05) is 53.4 Å². The van der Waals surface area contributed by atoms with E-state index in [0.29, 0.717) is 6.04 Å². The minimum absolute atomic E-state index is 0.268. The first-order valence-corrected chi connectivity index (χ1v) is 6.46. The number of hydrogen-bond donors (Lipinski definition) is 2. The molecule has 0 aromatic carbocycles. The summed E-state index contributed by atoms with van der Waals surface area (Å²) in [5.41, 5.74) is 3.34. The lowest BCUT2D eigenvalue weighted by molar-refractivity contribution is 0.105. The molecule has 0 aromatic rings. The molecule has 1 aliphatic rings. The average Bonchev–Trinajstić information content (AvgIpc) is 2.17. The molecule has 0 saturated heterocycles. The molecule has 2 nitrogen and oxygen atoms in total. The molecule has 2 heteroatoms. The van der Waals surface area contributed by atoms with Crippen molar-refractivity contribution in [2.75, 3.05) is 0 Å². The van der Waals surface area contributed by atoms with Gasteiger partial charge in [0.25, 0.3) is 0 Å². The Morgan fingerprint density at radius 3 is 2.33 bits per heavy atom. The van der Waals surface area contributed by atoms with Crippen LogP contribution in [0.4, 0.5) is 0 Å². The van der Waals surface area contributed by atoms with Crippen LogP contribution < -0.4 is 11.3 Å². The van der Waals surface area contributed by atoms with Crippen LogP contribution in [0.5, 0.6) is 0 Å². The number of rotatable bonds is 3.